The SMILES string of the molecule is CC(CN(C)C)NC(=O)CCCCC(=O)O. The summed E-state index contributed by atoms with van der Waals surface area (Å²) in [7, 11) is 3.91. The van der Waals surface area contributed by atoms with E-state index in [-0.39, 0.29) is 18.4 Å². The fraction of sp³-hybridized carbons (Fsp3) is 0.818. The lowest BCUT2D eigenvalue weighted by Gasteiger charge is -2.18. The normalized spacial score (nSPS) is 12.5. The second kappa shape index (κ2) is 8.10. The number of rotatable bonds is 8. The van der Waals surface area contributed by atoms with Crippen LogP contribution < -0.4 is 5.32 Å². The Morgan fingerprint density at radius 2 is 1.81 bits per heavy atom. The van der Waals surface area contributed by atoms with Gasteiger partial charge in [-0.1, -0.05) is 0 Å². The molecule has 94 valence electrons. The summed E-state index contributed by atoms with van der Waals surface area (Å²) in [4.78, 5) is 23.6. The van der Waals surface area contributed by atoms with Gasteiger partial charge < -0.3 is 15.3 Å². The monoisotopic (exact) mass is 230 g/mol. The number of unbranched alkanes of at least 4 members (excludes halogenated alkanes) is 1. The van der Waals surface area contributed by atoms with Gasteiger partial charge in [-0.05, 0) is 33.9 Å². The molecule has 0 aromatic rings. The summed E-state index contributed by atoms with van der Waals surface area (Å²) in [5, 5.41) is 11.3. The van der Waals surface area contributed by atoms with Crippen LogP contribution in [0, 0.1) is 0 Å². The number of amides is 1. The third-order valence-electron chi connectivity index (χ3n) is 2.09. The molecule has 1 atom stereocenters. The van der Waals surface area contributed by atoms with Crippen molar-refractivity contribution < 1.29 is 14.7 Å². The van der Waals surface area contributed by atoms with Gasteiger partial charge in [-0.2, -0.15) is 0 Å². The minimum atomic E-state index is -0.804. The number of hydrogen-bond acceptors (Lipinski definition) is 3. The Kier molecular flexibility index (Phi) is 7.54. The molecule has 0 saturated carbocycles. The first-order valence-corrected chi connectivity index (χ1v) is 5.57. The van der Waals surface area contributed by atoms with Crippen molar-refractivity contribution in [3.05, 3.63) is 0 Å². The van der Waals surface area contributed by atoms with Gasteiger partial charge in [0.15, 0.2) is 0 Å². The summed E-state index contributed by atoms with van der Waals surface area (Å²) >= 11 is 0. The summed E-state index contributed by atoms with van der Waals surface area (Å²) in [5.41, 5.74) is 0. The number of nitrogens with zero attached hydrogens (tertiary/aromatic N) is 1. The van der Waals surface area contributed by atoms with Crippen LogP contribution in [0.25, 0.3) is 0 Å². The molecule has 0 aliphatic rings. The quantitative estimate of drug-likeness (QED) is 0.602. The Bertz CT molecular complexity index is 229. The highest BCUT2D eigenvalue weighted by atomic mass is 16.4. The zero-order valence-corrected chi connectivity index (χ0v) is 10.3. The lowest BCUT2D eigenvalue weighted by Crippen LogP contribution is -2.39. The highest BCUT2D eigenvalue weighted by Crippen LogP contribution is 2.00. The summed E-state index contributed by atoms with van der Waals surface area (Å²) in [6.07, 6.45) is 1.74. The maximum absolute atomic E-state index is 11.4. The van der Waals surface area contributed by atoms with Crippen molar-refractivity contribution >= 4 is 11.9 Å². The molecule has 5 heteroatoms. The first-order chi connectivity index (χ1) is 7.41. The fourth-order valence-electron chi connectivity index (χ4n) is 1.50. The molecule has 5 nitrogen and oxygen atoms in total. The molecule has 0 aromatic heterocycles. The number of carboxylic acids is 1. The molecule has 0 aliphatic heterocycles. The third kappa shape index (κ3) is 9.45. The maximum Gasteiger partial charge on any atom is 0.303 e. The van der Waals surface area contributed by atoms with Crippen molar-refractivity contribution in [1.29, 1.82) is 0 Å². The molecule has 1 unspecified atom stereocenters. The Balaban J connectivity index is 3.54. The molecule has 0 saturated heterocycles. The molecule has 16 heavy (non-hydrogen) atoms. The van der Waals surface area contributed by atoms with Gasteiger partial charge in [0.2, 0.25) is 5.91 Å². The van der Waals surface area contributed by atoms with E-state index in [1.165, 1.54) is 0 Å². The third-order valence-corrected chi connectivity index (χ3v) is 2.09. The second-order valence-corrected chi connectivity index (χ2v) is 4.33. The molecule has 0 bridgehead atoms. The summed E-state index contributed by atoms with van der Waals surface area (Å²) in [6.45, 7) is 2.76. The highest BCUT2D eigenvalue weighted by molar-refractivity contribution is 5.76. The van der Waals surface area contributed by atoms with Crippen molar-refractivity contribution in [2.24, 2.45) is 0 Å². The number of aliphatic carboxylic acids is 1. The van der Waals surface area contributed by atoms with E-state index in [1.807, 2.05) is 25.9 Å². The van der Waals surface area contributed by atoms with E-state index in [1.54, 1.807) is 0 Å². The number of likely N-dealkylation sites (N-methyl/N-ethyl adjacent to an activating group) is 1. The van der Waals surface area contributed by atoms with Gasteiger partial charge in [0.05, 0.1) is 0 Å². The van der Waals surface area contributed by atoms with Crippen molar-refractivity contribution in [2.45, 2.75) is 38.6 Å². The average molecular weight is 230 g/mol. The first-order valence-electron chi connectivity index (χ1n) is 5.57. The van der Waals surface area contributed by atoms with Crippen LogP contribution in [0.3, 0.4) is 0 Å². The Morgan fingerprint density at radius 1 is 1.25 bits per heavy atom. The van der Waals surface area contributed by atoms with Crippen LogP contribution in [0.4, 0.5) is 0 Å². The van der Waals surface area contributed by atoms with Gasteiger partial charge in [-0.25, -0.2) is 0 Å². The minimum Gasteiger partial charge on any atom is -0.481 e. The van der Waals surface area contributed by atoms with Gasteiger partial charge in [0, 0.05) is 25.4 Å². The molecule has 0 spiro atoms. The molecule has 0 radical (unpaired) electrons. The second-order valence-electron chi connectivity index (χ2n) is 4.33. The number of nitrogens with one attached hydrogen (secondary N) is 1. The molecule has 0 rings (SSSR count). The summed E-state index contributed by atoms with van der Waals surface area (Å²) in [6, 6.07) is 0.127. The van der Waals surface area contributed by atoms with Gasteiger partial charge in [0.1, 0.15) is 0 Å². The lowest BCUT2D eigenvalue weighted by molar-refractivity contribution is -0.137. The molecule has 2 N–H and O–H groups in total. The zero-order chi connectivity index (χ0) is 12.6. The topological polar surface area (TPSA) is 69.6 Å². The predicted octanol–water partition coefficient (Wildman–Crippen LogP) is 0.698. The molecule has 0 aliphatic carbocycles. The fourth-order valence-corrected chi connectivity index (χ4v) is 1.50. The number of carboxylic acid groups (broad SMARTS) is 1. The van der Waals surface area contributed by atoms with Crippen LogP contribution in [-0.2, 0) is 9.59 Å². The molecule has 0 heterocycles. The largest absolute Gasteiger partial charge is 0.481 e. The predicted molar refractivity (Wildman–Crippen MR) is 62.3 cm³/mol. The van der Waals surface area contributed by atoms with Crippen molar-refractivity contribution in [1.82, 2.24) is 10.2 Å². The smallest absolute Gasteiger partial charge is 0.303 e. The number of carbonyl (C=O) groups is 2. The van der Waals surface area contributed by atoms with Crippen molar-refractivity contribution in [3.63, 3.8) is 0 Å². The molecular formula is C11H22N2O3. The Hall–Kier alpha value is -1.10. The van der Waals surface area contributed by atoms with Crippen LogP contribution >= 0.6 is 0 Å². The molecule has 0 fully saturated rings. The number of hydrogen-bond donors (Lipinski definition) is 2. The number of carbonyl (C=O) groups excluding carboxylic acids is 1. The highest BCUT2D eigenvalue weighted by Gasteiger charge is 2.08. The maximum atomic E-state index is 11.4. The van der Waals surface area contributed by atoms with Gasteiger partial charge in [-0.3, -0.25) is 9.59 Å². The van der Waals surface area contributed by atoms with Crippen LogP contribution in [0.15, 0.2) is 0 Å². The van der Waals surface area contributed by atoms with Crippen molar-refractivity contribution in [2.75, 3.05) is 20.6 Å². The van der Waals surface area contributed by atoms with E-state index < -0.39 is 5.97 Å². The van der Waals surface area contributed by atoms with E-state index in [2.05, 4.69) is 5.32 Å². The zero-order valence-electron chi connectivity index (χ0n) is 10.3. The van der Waals surface area contributed by atoms with E-state index in [9.17, 15) is 9.59 Å². The van der Waals surface area contributed by atoms with E-state index in [0.29, 0.717) is 19.3 Å². The Morgan fingerprint density at radius 3 is 2.31 bits per heavy atom. The minimum absolute atomic E-state index is 0.000242. The van der Waals surface area contributed by atoms with Gasteiger partial charge >= 0.3 is 5.97 Å². The lowest BCUT2D eigenvalue weighted by atomic mass is 10.2. The van der Waals surface area contributed by atoms with E-state index in [0.717, 1.165) is 6.54 Å². The Labute approximate surface area is 96.8 Å². The van der Waals surface area contributed by atoms with E-state index in [4.69, 9.17) is 5.11 Å². The molecular weight excluding hydrogens is 208 g/mol. The van der Waals surface area contributed by atoms with Crippen molar-refractivity contribution in [3.8, 4) is 0 Å². The average Bonchev–Trinajstić information content (AvgIpc) is 2.10. The first kappa shape index (κ1) is 14.9. The van der Waals surface area contributed by atoms with Crippen LogP contribution in [-0.4, -0.2) is 48.6 Å². The van der Waals surface area contributed by atoms with Gasteiger partial charge in [-0.15, -0.1) is 0 Å². The van der Waals surface area contributed by atoms with Crippen LogP contribution in [0.2, 0.25) is 0 Å². The van der Waals surface area contributed by atoms with E-state index >= 15 is 0 Å². The summed E-state index contributed by atoms with van der Waals surface area (Å²) < 4.78 is 0. The molecule has 0 aromatic carbocycles. The van der Waals surface area contributed by atoms with Crippen LogP contribution in [0.1, 0.15) is 32.6 Å². The standard InChI is InChI=1S/C11H22N2O3/c1-9(8-13(2)3)12-10(14)6-4-5-7-11(15)16/h9H,4-8H2,1-3H3,(H,12,14)(H,15,16). The molecule has 1 amide bonds. The van der Waals surface area contributed by atoms with Gasteiger partial charge in [0.25, 0.3) is 0 Å². The van der Waals surface area contributed by atoms with Crippen LogP contribution in [0.5, 0.6) is 0 Å². The summed E-state index contributed by atoms with van der Waals surface area (Å²) in [5.74, 6) is -0.805.